The summed E-state index contributed by atoms with van der Waals surface area (Å²) in [4.78, 5) is 10.8. The number of carbonyl (C=O) groups is 1. The molecule has 1 atom stereocenters. The highest BCUT2D eigenvalue weighted by molar-refractivity contribution is 5.77. The predicted octanol–water partition coefficient (Wildman–Crippen LogP) is -1.03. The van der Waals surface area contributed by atoms with E-state index in [1.807, 2.05) is 7.05 Å². The quantitative estimate of drug-likeness (QED) is 0.540. The van der Waals surface area contributed by atoms with Crippen molar-refractivity contribution in [1.29, 1.82) is 0 Å². The Morgan fingerprint density at radius 3 is 3.36 bits per heavy atom. The van der Waals surface area contributed by atoms with E-state index in [0.29, 0.717) is 12.5 Å². The molecule has 0 aromatic heterocycles. The molecule has 0 radical (unpaired) electrons. The number of ether oxygens (including phenoxy) is 1. The molecule has 0 spiro atoms. The van der Waals surface area contributed by atoms with Gasteiger partial charge in [0.25, 0.3) is 0 Å². The zero-order valence-corrected chi connectivity index (χ0v) is 6.72. The second-order valence-electron chi connectivity index (χ2n) is 2.74. The summed E-state index contributed by atoms with van der Waals surface area (Å²) in [5, 5.41) is 5.82. The van der Waals surface area contributed by atoms with Crippen molar-refractivity contribution in [3.8, 4) is 0 Å². The third-order valence-electron chi connectivity index (χ3n) is 1.67. The first-order valence-corrected chi connectivity index (χ1v) is 3.82. The summed E-state index contributed by atoms with van der Waals surface area (Å²) in [5.74, 6) is 0.398. The molecule has 0 bridgehead atoms. The largest absolute Gasteiger partial charge is 0.371 e. The van der Waals surface area contributed by atoms with Crippen LogP contribution >= 0.6 is 0 Å². The first kappa shape index (κ1) is 8.49. The Bertz CT molecular complexity index is 138. The van der Waals surface area contributed by atoms with Crippen molar-refractivity contribution in [2.75, 3.05) is 33.4 Å². The summed E-state index contributed by atoms with van der Waals surface area (Å²) < 4.78 is 5.12. The number of amides is 1. The minimum Gasteiger partial charge on any atom is -0.371 e. The number of carbonyl (C=O) groups excluding carboxylic acids is 1. The molecule has 0 saturated carbocycles. The van der Waals surface area contributed by atoms with Crippen LogP contribution in [0.25, 0.3) is 0 Å². The van der Waals surface area contributed by atoms with E-state index in [2.05, 4.69) is 10.6 Å². The van der Waals surface area contributed by atoms with Crippen molar-refractivity contribution in [2.45, 2.75) is 0 Å². The van der Waals surface area contributed by atoms with Gasteiger partial charge in [0.2, 0.25) is 5.91 Å². The zero-order valence-electron chi connectivity index (χ0n) is 6.72. The molecule has 1 aliphatic heterocycles. The summed E-state index contributed by atoms with van der Waals surface area (Å²) >= 11 is 0. The highest BCUT2D eigenvalue weighted by Crippen LogP contribution is 1.97. The second-order valence-corrected chi connectivity index (χ2v) is 2.74. The van der Waals surface area contributed by atoms with Crippen LogP contribution in [0, 0.1) is 5.92 Å². The fourth-order valence-corrected chi connectivity index (χ4v) is 1.11. The maximum absolute atomic E-state index is 10.8. The van der Waals surface area contributed by atoms with Crippen LogP contribution in [0.2, 0.25) is 0 Å². The maximum Gasteiger partial charge on any atom is 0.246 e. The molecule has 64 valence electrons. The second kappa shape index (κ2) is 4.31. The van der Waals surface area contributed by atoms with Crippen LogP contribution in [0.4, 0.5) is 0 Å². The van der Waals surface area contributed by atoms with Gasteiger partial charge in [0.15, 0.2) is 0 Å². The minimum absolute atomic E-state index is 0.0106. The van der Waals surface area contributed by atoms with E-state index in [-0.39, 0.29) is 12.5 Å². The Kier molecular flexibility index (Phi) is 3.32. The van der Waals surface area contributed by atoms with Crippen LogP contribution < -0.4 is 10.6 Å². The Balaban J connectivity index is 2.28. The molecule has 11 heavy (non-hydrogen) atoms. The smallest absolute Gasteiger partial charge is 0.246 e. The zero-order chi connectivity index (χ0) is 8.10. The van der Waals surface area contributed by atoms with Gasteiger partial charge in [0.05, 0.1) is 6.61 Å². The predicted molar refractivity (Wildman–Crippen MR) is 41.2 cm³/mol. The van der Waals surface area contributed by atoms with Crippen LogP contribution in [-0.2, 0) is 9.53 Å². The Morgan fingerprint density at radius 2 is 2.64 bits per heavy atom. The molecule has 0 aromatic carbocycles. The Hall–Kier alpha value is -0.610. The fraction of sp³-hybridized carbons (Fsp3) is 0.857. The Morgan fingerprint density at radius 1 is 1.82 bits per heavy atom. The maximum atomic E-state index is 10.8. The summed E-state index contributed by atoms with van der Waals surface area (Å²) in [5.41, 5.74) is 0. The summed E-state index contributed by atoms with van der Waals surface area (Å²) in [6.45, 7) is 2.49. The molecule has 1 amide bonds. The van der Waals surface area contributed by atoms with Gasteiger partial charge >= 0.3 is 0 Å². The van der Waals surface area contributed by atoms with Gasteiger partial charge < -0.3 is 15.4 Å². The van der Waals surface area contributed by atoms with Gasteiger partial charge in [-0.1, -0.05) is 0 Å². The highest BCUT2D eigenvalue weighted by Gasteiger charge is 2.14. The minimum atomic E-state index is -0.0106. The lowest BCUT2D eigenvalue weighted by Crippen LogP contribution is -2.32. The van der Waals surface area contributed by atoms with E-state index < -0.39 is 0 Å². The van der Waals surface area contributed by atoms with Crippen molar-refractivity contribution < 1.29 is 9.53 Å². The monoisotopic (exact) mass is 158 g/mol. The first-order valence-electron chi connectivity index (χ1n) is 3.82. The van der Waals surface area contributed by atoms with Crippen molar-refractivity contribution in [3.05, 3.63) is 0 Å². The van der Waals surface area contributed by atoms with Gasteiger partial charge in [0, 0.05) is 19.0 Å². The van der Waals surface area contributed by atoms with Crippen LogP contribution in [0.5, 0.6) is 0 Å². The van der Waals surface area contributed by atoms with Gasteiger partial charge in [-0.3, -0.25) is 4.79 Å². The molecule has 2 N–H and O–H groups in total. The molecule has 1 heterocycles. The average molecular weight is 158 g/mol. The molecule has 4 nitrogen and oxygen atoms in total. The molecule has 1 aliphatic rings. The molecule has 4 heteroatoms. The van der Waals surface area contributed by atoms with Crippen LogP contribution in [0.1, 0.15) is 0 Å². The van der Waals surface area contributed by atoms with E-state index in [1.54, 1.807) is 0 Å². The van der Waals surface area contributed by atoms with Crippen molar-refractivity contribution in [2.24, 2.45) is 5.92 Å². The third-order valence-corrected chi connectivity index (χ3v) is 1.67. The number of hydrogen-bond acceptors (Lipinski definition) is 3. The van der Waals surface area contributed by atoms with Crippen LogP contribution in [0.15, 0.2) is 0 Å². The van der Waals surface area contributed by atoms with Crippen molar-refractivity contribution in [1.82, 2.24) is 10.6 Å². The van der Waals surface area contributed by atoms with E-state index in [0.717, 1.165) is 13.1 Å². The lowest BCUT2D eigenvalue weighted by Gasteiger charge is -2.11. The first-order chi connectivity index (χ1) is 5.33. The summed E-state index contributed by atoms with van der Waals surface area (Å²) in [6, 6.07) is 0. The molecule has 1 fully saturated rings. The SMILES string of the molecule is CNCC1CNC(=O)COC1. The van der Waals surface area contributed by atoms with E-state index in [9.17, 15) is 4.79 Å². The van der Waals surface area contributed by atoms with Crippen LogP contribution in [-0.4, -0.2) is 39.3 Å². The standard InChI is InChI=1S/C7H14N2O2/c1-8-2-6-3-9-7(10)5-11-4-6/h6,8H,2-5H2,1H3,(H,9,10). The Labute approximate surface area is 66.3 Å². The summed E-state index contributed by atoms with van der Waals surface area (Å²) in [6.07, 6.45) is 0. The van der Waals surface area contributed by atoms with Crippen molar-refractivity contribution >= 4 is 5.91 Å². The molecule has 1 saturated heterocycles. The van der Waals surface area contributed by atoms with E-state index in [1.165, 1.54) is 0 Å². The third kappa shape index (κ3) is 2.86. The van der Waals surface area contributed by atoms with Gasteiger partial charge in [0.1, 0.15) is 6.61 Å². The number of hydrogen-bond donors (Lipinski definition) is 2. The molecule has 1 unspecified atom stereocenters. The molecule has 0 aromatic rings. The van der Waals surface area contributed by atoms with Crippen molar-refractivity contribution in [3.63, 3.8) is 0 Å². The van der Waals surface area contributed by atoms with E-state index in [4.69, 9.17) is 4.74 Å². The number of nitrogens with one attached hydrogen (secondary N) is 2. The summed E-state index contributed by atoms with van der Waals surface area (Å²) in [7, 11) is 1.90. The van der Waals surface area contributed by atoms with Gasteiger partial charge in [-0.15, -0.1) is 0 Å². The van der Waals surface area contributed by atoms with E-state index >= 15 is 0 Å². The van der Waals surface area contributed by atoms with Gasteiger partial charge in [-0.05, 0) is 7.05 Å². The lowest BCUT2D eigenvalue weighted by atomic mass is 10.1. The average Bonchev–Trinajstić information content (AvgIpc) is 2.17. The molecular weight excluding hydrogens is 144 g/mol. The molecule has 0 aliphatic carbocycles. The van der Waals surface area contributed by atoms with Crippen LogP contribution in [0.3, 0.4) is 0 Å². The molecule has 1 rings (SSSR count). The normalized spacial score (nSPS) is 25.9. The van der Waals surface area contributed by atoms with Gasteiger partial charge in [-0.25, -0.2) is 0 Å². The topological polar surface area (TPSA) is 50.4 Å². The number of rotatable bonds is 2. The molecular formula is C7H14N2O2. The fourth-order valence-electron chi connectivity index (χ4n) is 1.11. The van der Waals surface area contributed by atoms with Gasteiger partial charge in [-0.2, -0.15) is 0 Å². The highest BCUT2D eigenvalue weighted by atomic mass is 16.5. The lowest BCUT2D eigenvalue weighted by molar-refractivity contribution is -0.124.